The summed E-state index contributed by atoms with van der Waals surface area (Å²) in [6.07, 6.45) is 1.97. The van der Waals surface area contributed by atoms with E-state index in [1.165, 1.54) is 0 Å². The lowest BCUT2D eigenvalue weighted by molar-refractivity contribution is 0.242. The first kappa shape index (κ1) is 17.1. The molecule has 0 atom stereocenters. The molecule has 1 heterocycles. The lowest BCUT2D eigenvalue weighted by Crippen LogP contribution is -2.21. The molecule has 2 N–H and O–H groups in total. The van der Waals surface area contributed by atoms with Crippen molar-refractivity contribution in [3.8, 4) is 5.75 Å². The zero-order chi connectivity index (χ0) is 16.7. The van der Waals surface area contributed by atoms with Gasteiger partial charge < -0.3 is 20.1 Å². The maximum absolute atomic E-state index is 8.96. The van der Waals surface area contributed by atoms with Crippen LogP contribution in [0.25, 0.3) is 0 Å². The Morgan fingerprint density at radius 2 is 2.09 bits per heavy atom. The van der Waals surface area contributed by atoms with Crippen LogP contribution in [-0.4, -0.2) is 36.4 Å². The molecule has 5 heteroatoms. The molecule has 2 aromatic rings. The predicted octanol–water partition coefficient (Wildman–Crippen LogP) is 2.91. The first-order valence-electron chi connectivity index (χ1n) is 7.86. The Balaban J connectivity index is 1.93. The number of ether oxygens (including phenoxy) is 1. The van der Waals surface area contributed by atoms with Gasteiger partial charge in [0.2, 0.25) is 0 Å². The monoisotopic (exact) mass is 315 g/mol. The molecule has 0 fully saturated rings. The summed E-state index contributed by atoms with van der Waals surface area (Å²) in [6, 6.07) is 12.0. The van der Waals surface area contributed by atoms with Gasteiger partial charge in [0.05, 0.1) is 24.6 Å². The van der Waals surface area contributed by atoms with Gasteiger partial charge in [-0.1, -0.05) is 12.1 Å². The third-order valence-corrected chi connectivity index (χ3v) is 3.37. The number of hydrogen-bond acceptors (Lipinski definition) is 5. The van der Waals surface area contributed by atoms with Crippen LogP contribution < -0.4 is 15.0 Å². The molecule has 124 valence electrons. The van der Waals surface area contributed by atoms with Crippen molar-refractivity contribution >= 4 is 11.5 Å². The molecule has 0 amide bonds. The number of nitrogens with one attached hydrogen (secondary N) is 1. The van der Waals surface area contributed by atoms with Crippen molar-refractivity contribution < 1.29 is 9.84 Å². The Bertz CT molecular complexity index is 599. The summed E-state index contributed by atoms with van der Waals surface area (Å²) in [5.41, 5.74) is 2.13. The van der Waals surface area contributed by atoms with Crippen LogP contribution in [-0.2, 0) is 6.54 Å². The SMILES string of the molecule is CC(C)Oc1cccc(CNc2ccc(N(C)CCO)cn2)c1. The molecule has 0 aliphatic heterocycles. The average molecular weight is 315 g/mol. The fourth-order valence-corrected chi connectivity index (χ4v) is 2.19. The van der Waals surface area contributed by atoms with Gasteiger partial charge in [0.15, 0.2) is 0 Å². The topological polar surface area (TPSA) is 57.6 Å². The summed E-state index contributed by atoms with van der Waals surface area (Å²) >= 11 is 0. The summed E-state index contributed by atoms with van der Waals surface area (Å²) in [4.78, 5) is 6.36. The zero-order valence-corrected chi connectivity index (χ0v) is 14.0. The minimum atomic E-state index is 0.130. The number of rotatable bonds is 8. The van der Waals surface area contributed by atoms with E-state index in [-0.39, 0.29) is 12.7 Å². The van der Waals surface area contributed by atoms with Crippen molar-refractivity contribution in [2.24, 2.45) is 0 Å². The van der Waals surface area contributed by atoms with E-state index in [0.29, 0.717) is 13.1 Å². The second kappa shape index (κ2) is 8.39. The molecule has 0 bridgehead atoms. The van der Waals surface area contributed by atoms with Gasteiger partial charge in [-0.05, 0) is 43.7 Å². The van der Waals surface area contributed by atoms with Crippen molar-refractivity contribution in [2.45, 2.75) is 26.5 Å². The Morgan fingerprint density at radius 3 is 2.74 bits per heavy atom. The Morgan fingerprint density at radius 1 is 1.26 bits per heavy atom. The number of hydrogen-bond donors (Lipinski definition) is 2. The second-order valence-electron chi connectivity index (χ2n) is 5.71. The van der Waals surface area contributed by atoms with Crippen LogP contribution in [0.5, 0.6) is 5.75 Å². The number of anilines is 2. The third-order valence-electron chi connectivity index (χ3n) is 3.37. The van der Waals surface area contributed by atoms with Crippen LogP contribution in [0.1, 0.15) is 19.4 Å². The van der Waals surface area contributed by atoms with Crippen molar-refractivity contribution in [1.82, 2.24) is 4.98 Å². The van der Waals surface area contributed by atoms with Crippen molar-refractivity contribution in [2.75, 3.05) is 30.4 Å². The molecular weight excluding hydrogens is 290 g/mol. The molecule has 1 aromatic carbocycles. The van der Waals surface area contributed by atoms with Gasteiger partial charge in [-0.2, -0.15) is 0 Å². The van der Waals surface area contributed by atoms with E-state index in [4.69, 9.17) is 9.84 Å². The molecular formula is C18H25N3O2. The molecule has 5 nitrogen and oxygen atoms in total. The number of nitrogens with zero attached hydrogens (tertiary/aromatic N) is 2. The number of benzene rings is 1. The van der Waals surface area contributed by atoms with E-state index >= 15 is 0 Å². The highest BCUT2D eigenvalue weighted by Gasteiger charge is 2.02. The van der Waals surface area contributed by atoms with Gasteiger partial charge in [-0.15, -0.1) is 0 Å². The van der Waals surface area contributed by atoms with Gasteiger partial charge in [-0.3, -0.25) is 0 Å². The first-order valence-corrected chi connectivity index (χ1v) is 7.86. The average Bonchev–Trinajstić information content (AvgIpc) is 2.53. The minimum Gasteiger partial charge on any atom is -0.491 e. The largest absolute Gasteiger partial charge is 0.491 e. The molecule has 23 heavy (non-hydrogen) atoms. The van der Waals surface area contributed by atoms with E-state index in [0.717, 1.165) is 22.8 Å². The lowest BCUT2D eigenvalue weighted by atomic mass is 10.2. The van der Waals surface area contributed by atoms with E-state index < -0.39 is 0 Å². The minimum absolute atomic E-state index is 0.130. The maximum Gasteiger partial charge on any atom is 0.126 e. The van der Waals surface area contributed by atoms with E-state index in [1.54, 1.807) is 6.20 Å². The number of likely N-dealkylation sites (N-methyl/N-ethyl adjacent to an activating group) is 1. The Hall–Kier alpha value is -2.27. The molecule has 0 saturated carbocycles. The van der Waals surface area contributed by atoms with Crippen LogP contribution >= 0.6 is 0 Å². The van der Waals surface area contributed by atoms with Gasteiger partial charge >= 0.3 is 0 Å². The normalized spacial score (nSPS) is 10.7. The van der Waals surface area contributed by atoms with Crippen LogP contribution in [0.15, 0.2) is 42.6 Å². The number of aliphatic hydroxyl groups is 1. The highest BCUT2D eigenvalue weighted by atomic mass is 16.5. The summed E-state index contributed by atoms with van der Waals surface area (Å²) < 4.78 is 5.70. The fraction of sp³-hybridized carbons (Fsp3) is 0.389. The molecule has 0 spiro atoms. The molecule has 0 unspecified atom stereocenters. The van der Waals surface area contributed by atoms with Crippen LogP contribution in [0, 0.1) is 0 Å². The summed E-state index contributed by atoms with van der Waals surface area (Å²) in [5, 5.41) is 12.3. The third kappa shape index (κ3) is 5.45. The van der Waals surface area contributed by atoms with Gasteiger partial charge in [-0.25, -0.2) is 4.98 Å². The number of aliphatic hydroxyl groups excluding tert-OH is 1. The summed E-state index contributed by atoms with van der Waals surface area (Å²) in [5.74, 6) is 1.70. The van der Waals surface area contributed by atoms with Crippen molar-refractivity contribution in [1.29, 1.82) is 0 Å². The van der Waals surface area contributed by atoms with Crippen LogP contribution in [0.2, 0.25) is 0 Å². The van der Waals surface area contributed by atoms with E-state index in [1.807, 2.05) is 56.1 Å². The summed E-state index contributed by atoms with van der Waals surface area (Å²) in [7, 11) is 1.93. The Kier molecular flexibility index (Phi) is 6.23. The van der Waals surface area contributed by atoms with Gasteiger partial charge in [0.1, 0.15) is 11.6 Å². The molecule has 0 aliphatic rings. The molecule has 0 aliphatic carbocycles. The molecule has 2 rings (SSSR count). The fourth-order valence-electron chi connectivity index (χ4n) is 2.19. The lowest BCUT2D eigenvalue weighted by Gasteiger charge is -2.17. The Labute approximate surface area is 137 Å². The highest BCUT2D eigenvalue weighted by molar-refractivity contribution is 5.49. The standard InChI is InChI=1S/C18H25N3O2/c1-14(2)23-17-6-4-5-15(11-17)12-19-18-8-7-16(13-20-18)21(3)9-10-22/h4-8,11,13-14,22H,9-10,12H2,1-3H3,(H,19,20). The van der Waals surface area contributed by atoms with Crippen LogP contribution in [0.3, 0.4) is 0 Å². The summed E-state index contributed by atoms with van der Waals surface area (Å²) in [6.45, 7) is 5.45. The zero-order valence-electron chi connectivity index (χ0n) is 14.0. The van der Waals surface area contributed by atoms with Gasteiger partial charge in [0.25, 0.3) is 0 Å². The molecule has 0 saturated heterocycles. The van der Waals surface area contributed by atoms with E-state index in [9.17, 15) is 0 Å². The second-order valence-corrected chi connectivity index (χ2v) is 5.71. The molecule has 1 aromatic heterocycles. The smallest absolute Gasteiger partial charge is 0.126 e. The van der Waals surface area contributed by atoms with E-state index in [2.05, 4.69) is 16.4 Å². The predicted molar refractivity (Wildman–Crippen MR) is 94.1 cm³/mol. The number of pyridine rings is 1. The van der Waals surface area contributed by atoms with Crippen LogP contribution in [0.4, 0.5) is 11.5 Å². The maximum atomic E-state index is 8.96. The first-order chi connectivity index (χ1) is 11.1. The quantitative estimate of drug-likeness (QED) is 0.784. The van der Waals surface area contributed by atoms with Crippen molar-refractivity contribution in [3.63, 3.8) is 0 Å². The van der Waals surface area contributed by atoms with Gasteiger partial charge in [0, 0.05) is 20.1 Å². The van der Waals surface area contributed by atoms with Crippen molar-refractivity contribution in [3.05, 3.63) is 48.2 Å². The highest BCUT2D eigenvalue weighted by Crippen LogP contribution is 2.17. The number of aromatic nitrogens is 1. The molecule has 0 radical (unpaired) electrons.